The first-order valence-corrected chi connectivity index (χ1v) is 6.45. The van der Waals surface area contributed by atoms with Gasteiger partial charge in [0, 0.05) is 12.1 Å². The number of hydrogen-bond donors (Lipinski definition) is 1. The molecule has 0 saturated heterocycles. The van der Waals surface area contributed by atoms with Crippen molar-refractivity contribution in [3.63, 3.8) is 0 Å². The molecule has 2 nitrogen and oxygen atoms in total. The maximum atomic E-state index is 13.2. The van der Waals surface area contributed by atoms with Crippen LogP contribution in [-0.2, 0) is 6.54 Å². The van der Waals surface area contributed by atoms with E-state index in [1.807, 2.05) is 0 Å². The first-order valence-electron chi connectivity index (χ1n) is 5.66. The minimum Gasteiger partial charge on any atom is -0.456 e. The van der Waals surface area contributed by atoms with Gasteiger partial charge < -0.3 is 10.1 Å². The molecule has 0 aliphatic carbocycles. The number of ether oxygens (including phenoxy) is 1. The SMILES string of the molecule is CNCc1cc(F)ccc1Oc1ccc(F)cc1Br. The van der Waals surface area contributed by atoms with E-state index in [0.717, 1.165) is 0 Å². The van der Waals surface area contributed by atoms with Gasteiger partial charge in [0.15, 0.2) is 0 Å². The van der Waals surface area contributed by atoms with Gasteiger partial charge >= 0.3 is 0 Å². The normalized spacial score (nSPS) is 10.5. The van der Waals surface area contributed by atoms with Crippen molar-refractivity contribution in [1.29, 1.82) is 0 Å². The summed E-state index contributed by atoms with van der Waals surface area (Å²) >= 11 is 3.23. The van der Waals surface area contributed by atoms with Crippen LogP contribution in [0.1, 0.15) is 5.56 Å². The Morgan fingerprint density at radius 3 is 2.32 bits per heavy atom. The Kier molecular flexibility index (Phi) is 4.50. The number of hydrogen-bond acceptors (Lipinski definition) is 2. The summed E-state index contributed by atoms with van der Waals surface area (Å²) < 4.78 is 32.4. The molecule has 5 heteroatoms. The van der Waals surface area contributed by atoms with E-state index in [9.17, 15) is 8.78 Å². The fourth-order valence-electron chi connectivity index (χ4n) is 1.65. The van der Waals surface area contributed by atoms with E-state index in [-0.39, 0.29) is 11.6 Å². The maximum absolute atomic E-state index is 13.2. The lowest BCUT2D eigenvalue weighted by Gasteiger charge is -2.12. The standard InChI is InChI=1S/C14H12BrF2NO/c1-18-8-9-6-10(16)2-4-13(9)19-14-5-3-11(17)7-12(14)15/h2-7,18H,8H2,1H3. The van der Waals surface area contributed by atoms with Crippen molar-refractivity contribution in [1.82, 2.24) is 5.32 Å². The van der Waals surface area contributed by atoms with Crippen molar-refractivity contribution in [2.45, 2.75) is 6.54 Å². The lowest BCUT2D eigenvalue weighted by atomic mass is 10.2. The Bertz CT molecular complexity index is 590. The largest absolute Gasteiger partial charge is 0.456 e. The first-order chi connectivity index (χ1) is 9.10. The van der Waals surface area contributed by atoms with Crippen molar-refractivity contribution in [3.8, 4) is 11.5 Å². The highest BCUT2D eigenvalue weighted by Gasteiger charge is 2.09. The quantitative estimate of drug-likeness (QED) is 0.906. The zero-order valence-corrected chi connectivity index (χ0v) is 11.8. The van der Waals surface area contributed by atoms with Gasteiger partial charge in [0.25, 0.3) is 0 Å². The first kappa shape index (κ1) is 14.0. The van der Waals surface area contributed by atoms with Crippen molar-refractivity contribution in [3.05, 3.63) is 58.1 Å². The maximum Gasteiger partial charge on any atom is 0.141 e. The molecule has 0 radical (unpaired) electrons. The van der Waals surface area contributed by atoms with E-state index in [1.165, 1.54) is 30.3 Å². The van der Waals surface area contributed by atoms with Gasteiger partial charge in [-0.05, 0) is 59.4 Å². The second kappa shape index (κ2) is 6.12. The van der Waals surface area contributed by atoms with Gasteiger partial charge in [-0.25, -0.2) is 8.78 Å². The molecule has 0 unspecified atom stereocenters. The molecule has 1 N–H and O–H groups in total. The van der Waals surface area contributed by atoms with Crippen LogP contribution >= 0.6 is 15.9 Å². The van der Waals surface area contributed by atoms with Crippen molar-refractivity contribution < 1.29 is 13.5 Å². The van der Waals surface area contributed by atoms with E-state index in [0.29, 0.717) is 28.1 Å². The average Bonchev–Trinajstić information content (AvgIpc) is 2.36. The molecule has 2 aromatic carbocycles. The molecular weight excluding hydrogens is 316 g/mol. The van der Waals surface area contributed by atoms with Crippen LogP contribution in [0.3, 0.4) is 0 Å². The Labute approximate surface area is 118 Å². The van der Waals surface area contributed by atoms with Crippen LogP contribution in [0.15, 0.2) is 40.9 Å². The molecule has 0 aliphatic rings. The summed E-state index contributed by atoms with van der Waals surface area (Å²) in [5, 5.41) is 2.94. The van der Waals surface area contributed by atoms with Crippen LogP contribution < -0.4 is 10.1 Å². The van der Waals surface area contributed by atoms with Crippen LogP contribution in [0, 0.1) is 11.6 Å². The number of halogens is 3. The van der Waals surface area contributed by atoms with E-state index in [4.69, 9.17) is 4.74 Å². The van der Waals surface area contributed by atoms with Crippen LogP contribution in [-0.4, -0.2) is 7.05 Å². The van der Waals surface area contributed by atoms with Crippen LogP contribution in [0.4, 0.5) is 8.78 Å². The lowest BCUT2D eigenvalue weighted by molar-refractivity contribution is 0.467. The highest BCUT2D eigenvalue weighted by atomic mass is 79.9. The zero-order valence-electron chi connectivity index (χ0n) is 10.2. The third-order valence-electron chi connectivity index (χ3n) is 2.50. The summed E-state index contributed by atoms with van der Waals surface area (Å²) in [5.41, 5.74) is 0.693. The zero-order chi connectivity index (χ0) is 13.8. The highest BCUT2D eigenvalue weighted by molar-refractivity contribution is 9.10. The molecule has 2 rings (SSSR count). The Balaban J connectivity index is 2.32. The fourth-order valence-corrected chi connectivity index (χ4v) is 2.08. The summed E-state index contributed by atoms with van der Waals surface area (Å²) in [7, 11) is 1.77. The molecule has 0 saturated carbocycles. The predicted molar refractivity (Wildman–Crippen MR) is 73.3 cm³/mol. The number of nitrogens with one attached hydrogen (secondary N) is 1. The van der Waals surface area contributed by atoms with E-state index in [1.54, 1.807) is 13.1 Å². The van der Waals surface area contributed by atoms with Gasteiger partial charge in [-0.2, -0.15) is 0 Å². The van der Waals surface area contributed by atoms with Gasteiger partial charge in [0.1, 0.15) is 23.1 Å². The molecule has 0 amide bonds. The topological polar surface area (TPSA) is 21.3 Å². The van der Waals surface area contributed by atoms with Gasteiger partial charge in [-0.15, -0.1) is 0 Å². The summed E-state index contributed by atoms with van der Waals surface area (Å²) in [5.74, 6) is 0.331. The van der Waals surface area contributed by atoms with Crippen molar-refractivity contribution in [2.24, 2.45) is 0 Å². The molecule has 100 valence electrons. The summed E-state index contributed by atoms with van der Waals surface area (Å²) in [6.07, 6.45) is 0. The van der Waals surface area contributed by atoms with Gasteiger partial charge in [0.05, 0.1) is 4.47 Å². The molecule has 0 atom stereocenters. The van der Waals surface area contributed by atoms with Crippen LogP contribution in [0.5, 0.6) is 11.5 Å². The second-order valence-electron chi connectivity index (χ2n) is 3.96. The fraction of sp³-hybridized carbons (Fsp3) is 0.143. The predicted octanol–water partition coefficient (Wildman–Crippen LogP) is 4.24. The van der Waals surface area contributed by atoms with E-state index in [2.05, 4.69) is 21.2 Å². The Morgan fingerprint density at radius 1 is 1.05 bits per heavy atom. The molecule has 0 aliphatic heterocycles. The lowest BCUT2D eigenvalue weighted by Crippen LogP contribution is -2.06. The second-order valence-corrected chi connectivity index (χ2v) is 4.81. The van der Waals surface area contributed by atoms with E-state index >= 15 is 0 Å². The molecule has 2 aromatic rings. The minimum absolute atomic E-state index is 0.323. The van der Waals surface area contributed by atoms with Crippen LogP contribution in [0.25, 0.3) is 0 Å². The molecular formula is C14H12BrF2NO. The Morgan fingerprint density at radius 2 is 1.68 bits per heavy atom. The highest BCUT2D eigenvalue weighted by Crippen LogP contribution is 2.32. The summed E-state index contributed by atoms with van der Waals surface area (Å²) in [4.78, 5) is 0. The molecule has 0 aromatic heterocycles. The monoisotopic (exact) mass is 327 g/mol. The number of rotatable bonds is 4. The minimum atomic E-state index is -0.353. The van der Waals surface area contributed by atoms with Gasteiger partial charge in [0.2, 0.25) is 0 Å². The molecule has 19 heavy (non-hydrogen) atoms. The Hall–Kier alpha value is -1.46. The summed E-state index contributed by atoms with van der Waals surface area (Å²) in [6.45, 7) is 0.478. The van der Waals surface area contributed by atoms with E-state index < -0.39 is 0 Å². The van der Waals surface area contributed by atoms with Crippen molar-refractivity contribution >= 4 is 15.9 Å². The van der Waals surface area contributed by atoms with Gasteiger partial charge in [-0.3, -0.25) is 0 Å². The molecule has 0 fully saturated rings. The summed E-state index contributed by atoms with van der Waals surface area (Å²) in [6, 6.07) is 8.43. The molecule has 0 bridgehead atoms. The third-order valence-corrected chi connectivity index (χ3v) is 3.12. The number of benzene rings is 2. The molecule has 0 spiro atoms. The van der Waals surface area contributed by atoms with Gasteiger partial charge in [-0.1, -0.05) is 0 Å². The third kappa shape index (κ3) is 3.52. The van der Waals surface area contributed by atoms with Crippen LogP contribution in [0.2, 0.25) is 0 Å². The van der Waals surface area contributed by atoms with Crippen molar-refractivity contribution in [2.75, 3.05) is 7.05 Å². The smallest absolute Gasteiger partial charge is 0.141 e. The average molecular weight is 328 g/mol. The molecule has 0 heterocycles.